The highest BCUT2D eigenvalue weighted by molar-refractivity contribution is 6.05. The van der Waals surface area contributed by atoms with E-state index < -0.39 is 0 Å². The fraction of sp³-hybridized carbons (Fsp3) is 0.350. The second kappa shape index (κ2) is 8.06. The summed E-state index contributed by atoms with van der Waals surface area (Å²) >= 11 is 0. The molecule has 1 aromatic heterocycles. The lowest BCUT2D eigenvalue weighted by atomic mass is 9.98. The topological polar surface area (TPSA) is 88.3 Å². The summed E-state index contributed by atoms with van der Waals surface area (Å²) in [5.74, 6) is 0.711. The second-order valence-corrected chi connectivity index (χ2v) is 7.15. The number of carbonyl (C=O) groups is 2. The van der Waals surface area contributed by atoms with E-state index in [1.807, 2.05) is 4.90 Å². The first-order valence-electron chi connectivity index (χ1n) is 8.98. The monoisotopic (exact) mass is 386 g/mol. The van der Waals surface area contributed by atoms with Crippen LogP contribution in [0.2, 0.25) is 0 Å². The molecule has 1 aliphatic heterocycles. The van der Waals surface area contributed by atoms with E-state index in [4.69, 9.17) is 5.73 Å². The lowest BCUT2D eigenvalue weighted by Crippen LogP contribution is -2.33. The van der Waals surface area contributed by atoms with Gasteiger partial charge in [-0.1, -0.05) is 6.07 Å². The van der Waals surface area contributed by atoms with Crippen molar-refractivity contribution in [2.24, 2.45) is 17.6 Å². The molecule has 7 heteroatoms. The second-order valence-electron chi connectivity index (χ2n) is 7.15. The third kappa shape index (κ3) is 3.96. The Balaban J connectivity index is 0.00000210. The summed E-state index contributed by atoms with van der Waals surface area (Å²) in [7, 11) is 0. The first-order valence-corrected chi connectivity index (χ1v) is 8.98. The zero-order valence-electron chi connectivity index (χ0n) is 14.9. The Kier molecular flexibility index (Phi) is 5.77. The highest BCUT2D eigenvalue weighted by Crippen LogP contribution is 2.37. The number of nitrogens with one attached hydrogen (secondary N) is 1. The Morgan fingerprint density at radius 1 is 1.11 bits per heavy atom. The Hall–Kier alpha value is -2.44. The zero-order chi connectivity index (χ0) is 18.1. The molecule has 2 heterocycles. The number of hydrogen-bond donors (Lipinski definition) is 2. The molecule has 2 amide bonds. The van der Waals surface area contributed by atoms with Crippen molar-refractivity contribution in [3.05, 3.63) is 59.9 Å². The first kappa shape index (κ1) is 19.3. The lowest BCUT2D eigenvalue weighted by molar-refractivity contribution is 0.0779. The van der Waals surface area contributed by atoms with Gasteiger partial charge in [-0.3, -0.25) is 14.6 Å². The van der Waals surface area contributed by atoms with E-state index in [0.29, 0.717) is 28.7 Å². The number of carbonyl (C=O) groups excluding carboxylic acids is 2. The maximum Gasteiger partial charge on any atom is 0.257 e. The molecule has 0 spiro atoms. The van der Waals surface area contributed by atoms with Gasteiger partial charge in [0.05, 0.1) is 5.56 Å². The van der Waals surface area contributed by atoms with Gasteiger partial charge in [-0.05, 0) is 55.0 Å². The number of pyridine rings is 1. The molecule has 6 nitrogen and oxygen atoms in total. The highest BCUT2D eigenvalue weighted by Gasteiger charge is 2.42. The number of fused-ring (bicyclic) bond motifs is 1. The standard InChI is InChI=1S/C20H22N4O2.ClH/c21-18-7-6-15-11-24(12-17(15)18)20(26)13-3-1-5-16(9-13)23-19(25)14-4-2-8-22-10-14;/h1-5,8-10,15,17-18H,6-7,11-12,21H2,(H,23,25);1H. The fourth-order valence-electron chi connectivity index (χ4n) is 4.09. The number of hydrogen-bond acceptors (Lipinski definition) is 4. The molecule has 3 atom stereocenters. The normalized spacial score (nSPS) is 23.4. The summed E-state index contributed by atoms with van der Waals surface area (Å²) in [4.78, 5) is 31.0. The molecular weight excluding hydrogens is 364 g/mol. The molecule has 2 aromatic rings. The number of amides is 2. The van der Waals surface area contributed by atoms with Crippen LogP contribution in [0.3, 0.4) is 0 Å². The van der Waals surface area contributed by atoms with Crippen molar-refractivity contribution >= 4 is 29.9 Å². The van der Waals surface area contributed by atoms with Gasteiger partial charge >= 0.3 is 0 Å². The molecule has 4 rings (SSSR count). The maximum atomic E-state index is 12.9. The molecule has 1 aliphatic carbocycles. The molecule has 2 aliphatic rings. The van der Waals surface area contributed by atoms with Crippen LogP contribution < -0.4 is 11.1 Å². The van der Waals surface area contributed by atoms with Gasteiger partial charge < -0.3 is 16.0 Å². The highest BCUT2D eigenvalue weighted by atomic mass is 35.5. The van der Waals surface area contributed by atoms with Gasteiger partial charge in [0.25, 0.3) is 11.8 Å². The summed E-state index contributed by atoms with van der Waals surface area (Å²) in [5, 5.41) is 2.82. The predicted octanol–water partition coefficient (Wildman–Crippen LogP) is 2.57. The number of likely N-dealkylation sites (tertiary alicyclic amines) is 1. The number of benzene rings is 1. The zero-order valence-corrected chi connectivity index (χ0v) is 15.7. The Bertz CT molecular complexity index is 830. The summed E-state index contributed by atoms with van der Waals surface area (Å²) in [5.41, 5.74) is 7.83. The van der Waals surface area contributed by atoms with Crippen LogP contribution in [-0.2, 0) is 0 Å². The van der Waals surface area contributed by atoms with Gasteiger partial charge in [0.1, 0.15) is 0 Å². The third-order valence-corrected chi connectivity index (χ3v) is 5.49. The Morgan fingerprint density at radius 2 is 1.93 bits per heavy atom. The number of anilines is 1. The SMILES string of the molecule is Cl.NC1CCC2CN(C(=O)c3cccc(NC(=O)c4cccnc4)c3)CC12. The molecule has 3 unspecified atom stereocenters. The minimum Gasteiger partial charge on any atom is -0.338 e. The van der Waals surface area contributed by atoms with E-state index in [9.17, 15) is 9.59 Å². The van der Waals surface area contributed by atoms with E-state index in [1.54, 1.807) is 42.6 Å². The average Bonchev–Trinajstić information content (AvgIpc) is 3.24. The van der Waals surface area contributed by atoms with Crippen LogP contribution in [-0.4, -0.2) is 40.8 Å². The quantitative estimate of drug-likeness (QED) is 0.848. The molecule has 1 saturated carbocycles. The third-order valence-electron chi connectivity index (χ3n) is 5.49. The number of rotatable bonds is 3. The number of nitrogens with zero attached hydrogens (tertiary/aromatic N) is 2. The Morgan fingerprint density at radius 3 is 2.67 bits per heavy atom. The van der Waals surface area contributed by atoms with Crippen molar-refractivity contribution < 1.29 is 9.59 Å². The van der Waals surface area contributed by atoms with Crippen molar-refractivity contribution in [2.45, 2.75) is 18.9 Å². The number of halogens is 1. The molecule has 27 heavy (non-hydrogen) atoms. The molecule has 1 aromatic carbocycles. The van der Waals surface area contributed by atoms with Crippen LogP contribution >= 0.6 is 12.4 Å². The lowest BCUT2D eigenvalue weighted by Gasteiger charge is -2.19. The van der Waals surface area contributed by atoms with Gasteiger partial charge in [-0.25, -0.2) is 0 Å². The smallest absolute Gasteiger partial charge is 0.257 e. The van der Waals surface area contributed by atoms with Crippen LogP contribution in [0.5, 0.6) is 0 Å². The van der Waals surface area contributed by atoms with Crippen LogP contribution in [0, 0.1) is 11.8 Å². The summed E-state index contributed by atoms with van der Waals surface area (Å²) in [6.45, 7) is 1.51. The van der Waals surface area contributed by atoms with E-state index >= 15 is 0 Å². The number of nitrogens with two attached hydrogens (primary N) is 1. The Labute approximate surface area is 164 Å². The number of aromatic nitrogens is 1. The summed E-state index contributed by atoms with van der Waals surface area (Å²) < 4.78 is 0. The van der Waals surface area contributed by atoms with Gasteiger partial charge in [0.2, 0.25) is 0 Å². The predicted molar refractivity (Wildman–Crippen MR) is 106 cm³/mol. The first-order chi connectivity index (χ1) is 12.6. The molecule has 2 fully saturated rings. The van der Waals surface area contributed by atoms with Crippen molar-refractivity contribution in [1.82, 2.24) is 9.88 Å². The molecule has 0 bridgehead atoms. The van der Waals surface area contributed by atoms with Gasteiger partial charge in [-0.2, -0.15) is 0 Å². The van der Waals surface area contributed by atoms with Crippen LogP contribution in [0.4, 0.5) is 5.69 Å². The minimum atomic E-state index is -0.246. The molecule has 1 saturated heterocycles. The van der Waals surface area contributed by atoms with Gasteiger partial charge in [0, 0.05) is 42.8 Å². The van der Waals surface area contributed by atoms with Crippen molar-refractivity contribution in [1.29, 1.82) is 0 Å². The van der Waals surface area contributed by atoms with E-state index in [-0.39, 0.29) is 30.3 Å². The molecular formula is C20H23ClN4O2. The van der Waals surface area contributed by atoms with Gasteiger partial charge in [-0.15, -0.1) is 12.4 Å². The molecule has 142 valence electrons. The summed E-state index contributed by atoms with van der Waals surface area (Å²) in [6, 6.07) is 10.7. The van der Waals surface area contributed by atoms with Crippen molar-refractivity contribution in [3.8, 4) is 0 Å². The average molecular weight is 387 g/mol. The largest absolute Gasteiger partial charge is 0.338 e. The van der Waals surface area contributed by atoms with Crippen LogP contribution in [0.1, 0.15) is 33.6 Å². The van der Waals surface area contributed by atoms with E-state index in [2.05, 4.69) is 10.3 Å². The van der Waals surface area contributed by atoms with Crippen molar-refractivity contribution in [3.63, 3.8) is 0 Å². The van der Waals surface area contributed by atoms with Crippen molar-refractivity contribution in [2.75, 3.05) is 18.4 Å². The summed E-state index contributed by atoms with van der Waals surface area (Å²) in [6.07, 6.45) is 5.30. The van der Waals surface area contributed by atoms with E-state index in [1.165, 1.54) is 6.20 Å². The van der Waals surface area contributed by atoms with Crippen LogP contribution in [0.25, 0.3) is 0 Å². The minimum absolute atomic E-state index is 0. The fourth-order valence-corrected chi connectivity index (χ4v) is 4.09. The van der Waals surface area contributed by atoms with E-state index in [0.717, 1.165) is 25.9 Å². The molecule has 3 N–H and O–H groups in total. The maximum absolute atomic E-state index is 12.9. The van der Waals surface area contributed by atoms with Crippen LogP contribution in [0.15, 0.2) is 48.8 Å². The molecule has 0 radical (unpaired) electrons. The van der Waals surface area contributed by atoms with Gasteiger partial charge in [0.15, 0.2) is 0 Å².